The molecular formula is C20H24N6O2. The number of nitrogens with zero attached hydrogens (tertiary/aromatic N) is 3. The lowest BCUT2D eigenvalue weighted by atomic mass is 10.0. The van der Waals surface area contributed by atoms with E-state index in [-0.39, 0.29) is 29.3 Å². The fraction of sp³-hybridized carbons (Fsp3) is 0.400. The van der Waals surface area contributed by atoms with Crippen LogP contribution < -0.4 is 21.7 Å². The fourth-order valence-electron chi connectivity index (χ4n) is 3.49. The number of nitrogen functional groups attached to an aromatic ring is 1. The van der Waals surface area contributed by atoms with Crippen LogP contribution in [0.4, 0.5) is 17.2 Å². The molecule has 8 nitrogen and oxygen atoms in total. The quantitative estimate of drug-likeness (QED) is 0.675. The van der Waals surface area contributed by atoms with Crippen LogP contribution in [-0.2, 0) is 0 Å². The van der Waals surface area contributed by atoms with Crippen molar-refractivity contribution < 1.29 is 9.59 Å². The Kier molecular flexibility index (Phi) is 4.95. The lowest BCUT2D eigenvalue weighted by Gasteiger charge is -2.33. The van der Waals surface area contributed by atoms with Crippen LogP contribution in [0.25, 0.3) is 0 Å². The van der Waals surface area contributed by atoms with Crippen molar-refractivity contribution in [3.63, 3.8) is 0 Å². The summed E-state index contributed by atoms with van der Waals surface area (Å²) < 4.78 is 0. The molecule has 2 aliphatic rings. The summed E-state index contributed by atoms with van der Waals surface area (Å²) in [5.74, 6) is -0.146. The van der Waals surface area contributed by atoms with Crippen molar-refractivity contribution in [2.75, 3.05) is 29.0 Å². The lowest BCUT2D eigenvalue weighted by molar-refractivity contribution is 0.0966. The molecule has 5 N–H and O–H groups in total. The van der Waals surface area contributed by atoms with Crippen LogP contribution >= 0.6 is 0 Å². The first-order valence-electron chi connectivity index (χ1n) is 9.59. The van der Waals surface area contributed by atoms with Crippen molar-refractivity contribution in [2.24, 2.45) is 11.7 Å². The van der Waals surface area contributed by atoms with Gasteiger partial charge in [-0.1, -0.05) is 0 Å². The highest BCUT2D eigenvalue weighted by Gasteiger charge is 2.31. The average Bonchev–Trinajstić information content (AvgIpc) is 3.54. The topological polar surface area (TPSA) is 127 Å². The molecule has 146 valence electrons. The van der Waals surface area contributed by atoms with Gasteiger partial charge in [0.05, 0.1) is 11.4 Å². The molecule has 2 aromatic rings. The van der Waals surface area contributed by atoms with Crippen molar-refractivity contribution in [3.8, 4) is 0 Å². The Hall–Kier alpha value is -3.00. The van der Waals surface area contributed by atoms with Crippen molar-refractivity contribution in [1.29, 1.82) is 0 Å². The summed E-state index contributed by atoms with van der Waals surface area (Å²) in [6.45, 7) is 1.60. The van der Waals surface area contributed by atoms with E-state index in [1.807, 2.05) is 12.1 Å². The Bertz CT molecular complexity index is 903. The molecule has 8 heteroatoms. The number of piperidine rings is 1. The maximum absolute atomic E-state index is 12.7. The molecule has 0 radical (unpaired) electrons. The van der Waals surface area contributed by atoms with Gasteiger partial charge in [0.2, 0.25) is 0 Å². The Morgan fingerprint density at radius 1 is 1.07 bits per heavy atom. The van der Waals surface area contributed by atoms with E-state index in [4.69, 9.17) is 11.5 Å². The third kappa shape index (κ3) is 3.82. The maximum atomic E-state index is 12.7. The number of benzene rings is 1. The molecule has 1 amide bonds. The Labute approximate surface area is 163 Å². The van der Waals surface area contributed by atoms with Gasteiger partial charge < -0.3 is 21.7 Å². The molecule has 4 rings (SSSR count). The van der Waals surface area contributed by atoms with Crippen molar-refractivity contribution >= 4 is 28.9 Å². The monoisotopic (exact) mass is 380 g/mol. The second-order valence-corrected chi connectivity index (χ2v) is 7.44. The van der Waals surface area contributed by atoms with E-state index >= 15 is 0 Å². The zero-order valence-corrected chi connectivity index (χ0v) is 15.6. The number of ketones is 1. The van der Waals surface area contributed by atoms with E-state index in [0.717, 1.165) is 44.5 Å². The molecule has 1 aromatic heterocycles. The first-order valence-corrected chi connectivity index (χ1v) is 9.59. The summed E-state index contributed by atoms with van der Waals surface area (Å²) >= 11 is 0. The summed E-state index contributed by atoms with van der Waals surface area (Å²) in [4.78, 5) is 35.4. The highest BCUT2D eigenvalue weighted by Crippen LogP contribution is 2.36. The Balaban J connectivity index is 1.65. The summed E-state index contributed by atoms with van der Waals surface area (Å²) in [5, 5.41) is 2.88. The number of hydrogen-bond acceptors (Lipinski definition) is 7. The van der Waals surface area contributed by atoms with Crippen LogP contribution in [0.3, 0.4) is 0 Å². The second kappa shape index (κ2) is 7.55. The second-order valence-electron chi connectivity index (χ2n) is 7.44. The molecule has 0 unspecified atom stereocenters. The molecule has 1 saturated heterocycles. The maximum Gasteiger partial charge on any atom is 0.278 e. The van der Waals surface area contributed by atoms with Crippen LogP contribution in [0.5, 0.6) is 0 Å². The number of nitrogens with two attached hydrogens (primary N) is 2. The minimum absolute atomic E-state index is 0.0630. The number of rotatable bonds is 5. The number of carbonyl (C=O) groups excluding carboxylic acids is 2. The molecule has 2 heterocycles. The molecule has 0 bridgehead atoms. The van der Waals surface area contributed by atoms with Gasteiger partial charge in [-0.3, -0.25) is 9.59 Å². The third-order valence-corrected chi connectivity index (χ3v) is 5.30. The van der Waals surface area contributed by atoms with Gasteiger partial charge in [0, 0.05) is 43.0 Å². The zero-order valence-electron chi connectivity index (χ0n) is 15.6. The SMILES string of the molecule is Nc1nccnc1C(=O)Nc1cc(C(=O)C2CC2)ccc1N1CCC(N)CC1. The van der Waals surface area contributed by atoms with Crippen LogP contribution in [0.15, 0.2) is 30.6 Å². The summed E-state index contributed by atoms with van der Waals surface area (Å²) in [6.07, 6.45) is 6.49. The molecule has 1 aromatic carbocycles. The number of anilines is 3. The van der Waals surface area contributed by atoms with Gasteiger partial charge >= 0.3 is 0 Å². The van der Waals surface area contributed by atoms with Crippen molar-refractivity contribution in [1.82, 2.24) is 9.97 Å². The lowest BCUT2D eigenvalue weighted by Crippen LogP contribution is -2.40. The van der Waals surface area contributed by atoms with Gasteiger partial charge in [0.15, 0.2) is 17.3 Å². The molecule has 1 saturated carbocycles. The first-order chi connectivity index (χ1) is 13.5. The van der Waals surface area contributed by atoms with Gasteiger partial charge in [-0.2, -0.15) is 0 Å². The van der Waals surface area contributed by atoms with E-state index in [1.54, 1.807) is 6.07 Å². The Morgan fingerprint density at radius 2 is 1.79 bits per heavy atom. The number of Topliss-reactive ketones (excluding diaryl/α,β-unsaturated/α-hetero) is 1. The van der Waals surface area contributed by atoms with Crippen molar-refractivity contribution in [3.05, 3.63) is 41.9 Å². The van der Waals surface area contributed by atoms with Crippen molar-refractivity contribution in [2.45, 2.75) is 31.7 Å². The van der Waals surface area contributed by atoms with Crippen LogP contribution in [-0.4, -0.2) is 40.8 Å². The molecule has 28 heavy (non-hydrogen) atoms. The number of hydrogen-bond donors (Lipinski definition) is 3. The number of aromatic nitrogens is 2. The molecular weight excluding hydrogens is 356 g/mol. The predicted octanol–water partition coefficient (Wildman–Crippen LogP) is 1.83. The molecule has 0 atom stereocenters. The summed E-state index contributed by atoms with van der Waals surface area (Å²) in [7, 11) is 0. The smallest absolute Gasteiger partial charge is 0.278 e. The van der Waals surface area contributed by atoms with Gasteiger partial charge in [0.1, 0.15) is 0 Å². The first kappa shape index (κ1) is 18.4. The van der Waals surface area contributed by atoms with Crippen LogP contribution in [0.2, 0.25) is 0 Å². The molecule has 1 aliphatic carbocycles. The van der Waals surface area contributed by atoms with E-state index < -0.39 is 5.91 Å². The van der Waals surface area contributed by atoms with Crippen LogP contribution in [0, 0.1) is 5.92 Å². The molecule has 2 fully saturated rings. The largest absolute Gasteiger partial charge is 0.382 e. The summed E-state index contributed by atoms with van der Waals surface area (Å²) in [5.41, 5.74) is 13.9. The van der Waals surface area contributed by atoms with Crippen LogP contribution in [0.1, 0.15) is 46.5 Å². The number of amides is 1. The van der Waals surface area contributed by atoms with E-state index in [2.05, 4.69) is 20.2 Å². The normalized spacial score (nSPS) is 17.4. The minimum atomic E-state index is -0.448. The van der Waals surface area contributed by atoms with E-state index in [1.165, 1.54) is 12.4 Å². The van der Waals surface area contributed by atoms with Gasteiger partial charge in [-0.15, -0.1) is 0 Å². The highest BCUT2D eigenvalue weighted by atomic mass is 16.2. The van der Waals surface area contributed by atoms with E-state index in [9.17, 15) is 9.59 Å². The van der Waals surface area contributed by atoms with Gasteiger partial charge in [-0.25, -0.2) is 9.97 Å². The zero-order chi connectivity index (χ0) is 19.7. The molecule has 0 spiro atoms. The van der Waals surface area contributed by atoms with E-state index in [0.29, 0.717) is 11.3 Å². The third-order valence-electron chi connectivity index (χ3n) is 5.30. The fourth-order valence-corrected chi connectivity index (χ4v) is 3.49. The predicted molar refractivity (Wildman–Crippen MR) is 107 cm³/mol. The summed E-state index contributed by atoms with van der Waals surface area (Å²) in [6, 6.07) is 5.71. The standard InChI is InChI=1S/C20H24N6O2/c21-14-5-9-26(10-6-14)16-4-3-13(18(27)12-1-2-12)11-15(16)25-20(28)17-19(22)24-8-7-23-17/h3-4,7-8,11-12,14H,1-2,5-6,9-10,21H2,(H2,22,24)(H,25,28). The Morgan fingerprint density at radius 3 is 2.46 bits per heavy atom. The minimum Gasteiger partial charge on any atom is -0.382 e. The highest BCUT2D eigenvalue weighted by molar-refractivity contribution is 6.08. The average molecular weight is 380 g/mol. The van der Waals surface area contributed by atoms with Gasteiger partial charge in [-0.05, 0) is 43.9 Å². The number of nitrogens with one attached hydrogen (secondary N) is 1. The molecule has 1 aliphatic heterocycles. The number of carbonyl (C=O) groups is 2. The van der Waals surface area contributed by atoms with Gasteiger partial charge in [0.25, 0.3) is 5.91 Å².